The maximum absolute atomic E-state index is 11.2. The predicted octanol–water partition coefficient (Wildman–Crippen LogP) is 3.08. The highest BCUT2D eigenvalue weighted by atomic mass is 16.5. The molecule has 3 heteroatoms. The third kappa shape index (κ3) is 3.26. The van der Waals surface area contributed by atoms with Gasteiger partial charge in [-0.25, -0.2) is 0 Å². The van der Waals surface area contributed by atoms with Crippen LogP contribution in [0.5, 0.6) is 11.5 Å². The first-order valence-corrected chi connectivity index (χ1v) is 5.50. The van der Waals surface area contributed by atoms with Crippen molar-refractivity contribution in [1.29, 1.82) is 0 Å². The molecule has 0 saturated heterocycles. The first kappa shape index (κ1) is 12.6. The standard InChI is InChI=1S/C13H18O3/c1-4-5-8-16-12-7-6-11(10(2)14)9-13(12)15-3/h6-7,9H,4-5,8H2,1-3H3. The van der Waals surface area contributed by atoms with Crippen molar-refractivity contribution in [1.82, 2.24) is 0 Å². The average Bonchev–Trinajstić information content (AvgIpc) is 2.29. The van der Waals surface area contributed by atoms with E-state index in [0.29, 0.717) is 23.7 Å². The van der Waals surface area contributed by atoms with Crippen molar-refractivity contribution in [3.8, 4) is 11.5 Å². The molecule has 0 N–H and O–H groups in total. The zero-order valence-electron chi connectivity index (χ0n) is 10.1. The molecular weight excluding hydrogens is 204 g/mol. The molecule has 0 unspecified atom stereocenters. The molecule has 1 rings (SSSR count). The van der Waals surface area contributed by atoms with Crippen LogP contribution in [0.15, 0.2) is 18.2 Å². The maximum Gasteiger partial charge on any atom is 0.161 e. The summed E-state index contributed by atoms with van der Waals surface area (Å²) in [5.74, 6) is 1.34. The monoisotopic (exact) mass is 222 g/mol. The van der Waals surface area contributed by atoms with Gasteiger partial charge in [-0.3, -0.25) is 4.79 Å². The van der Waals surface area contributed by atoms with Gasteiger partial charge in [0.05, 0.1) is 13.7 Å². The third-order valence-corrected chi connectivity index (χ3v) is 2.33. The van der Waals surface area contributed by atoms with Crippen molar-refractivity contribution < 1.29 is 14.3 Å². The van der Waals surface area contributed by atoms with E-state index >= 15 is 0 Å². The zero-order valence-corrected chi connectivity index (χ0v) is 10.1. The van der Waals surface area contributed by atoms with E-state index in [1.54, 1.807) is 25.3 Å². The average molecular weight is 222 g/mol. The van der Waals surface area contributed by atoms with E-state index in [2.05, 4.69) is 6.92 Å². The lowest BCUT2D eigenvalue weighted by Crippen LogP contribution is -2.00. The summed E-state index contributed by atoms with van der Waals surface area (Å²) < 4.78 is 10.8. The third-order valence-electron chi connectivity index (χ3n) is 2.33. The van der Waals surface area contributed by atoms with Crippen molar-refractivity contribution in [2.75, 3.05) is 13.7 Å². The molecule has 16 heavy (non-hydrogen) atoms. The van der Waals surface area contributed by atoms with E-state index in [4.69, 9.17) is 9.47 Å². The van der Waals surface area contributed by atoms with Crippen molar-refractivity contribution in [2.24, 2.45) is 0 Å². The normalized spacial score (nSPS) is 9.94. The van der Waals surface area contributed by atoms with Crippen LogP contribution in [0.3, 0.4) is 0 Å². The van der Waals surface area contributed by atoms with Crippen LogP contribution in [0.4, 0.5) is 0 Å². The number of rotatable bonds is 6. The van der Waals surface area contributed by atoms with Gasteiger partial charge in [0.1, 0.15) is 0 Å². The van der Waals surface area contributed by atoms with Crippen molar-refractivity contribution >= 4 is 5.78 Å². The SMILES string of the molecule is CCCCOc1ccc(C(C)=O)cc1OC. The number of benzene rings is 1. The number of carbonyl (C=O) groups excluding carboxylic acids is 1. The quantitative estimate of drug-likeness (QED) is 0.548. The summed E-state index contributed by atoms with van der Waals surface area (Å²) in [4.78, 5) is 11.2. The molecule has 88 valence electrons. The second-order valence-corrected chi connectivity index (χ2v) is 3.62. The van der Waals surface area contributed by atoms with Gasteiger partial charge in [0.25, 0.3) is 0 Å². The summed E-state index contributed by atoms with van der Waals surface area (Å²) in [7, 11) is 1.58. The van der Waals surface area contributed by atoms with Gasteiger partial charge >= 0.3 is 0 Å². The number of ether oxygens (including phenoxy) is 2. The van der Waals surface area contributed by atoms with Crippen LogP contribution in [0.25, 0.3) is 0 Å². The Bertz CT molecular complexity index is 358. The van der Waals surface area contributed by atoms with Gasteiger partial charge in [0, 0.05) is 5.56 Å². The highest BCUT2D eigenvalue weighted by Crippen LogP contribution is 2.28. The lowest BCUT2D eigenvalue weighted by atomic mass is 10.1. The van der Waals surface area contributed by atoms with Gasteiger partial charge in [-0.05, 0) is 31.5 Å². The smallest absolute Gasteiger partial charge is 0.161 e. The van der Waals surface area contributed by atoms with Gasteiger partial charge in [0.2, 0.25) is 0 Å². The molecular formula is C13H18O3. The lowest BCUT2D eigenvalue weighted by molar-refractivity contribution is 0.101. The number of Topliss-reactive ketones (excluding diaryl/α,β-unsaturated/α-hetero) is 1. The minimum atomic E-state index is 0.0263. The van der Waals surface area contributed by atoms with Gasteiger partial charge < -0.3 is 9.47 Å². The fourth-order valence-corrected chi connectivity index (χ4v) is 1.33. The Balaban J connectivity index is 2.80. The number of methoxy groups -OCH3 is 1. The van der Waals surface area contributed by atoms with Crippen molar-refractivity contribution in [3.05, 3.63) is 23.8 Å². The Morgan fingerprint density at radius 1 is 1.31 bits per heavy atom. The highest BCUT2D eigenvalue weighted by molar-refractivity contribution is 5.94. The zero-order chi connectivity index (χ0) is 12.0. The number of ketones is 1. The van der Waals surface area contributed by atoms with E-state index < -0.39 is 0 Å². The Morgan fingerprint density at radius 3 is 2.62 bits per heavy atom. The largest absolute Gasteiger partial charge is 0.493 e. The first-order chi connectivity index (χ1) is 7.69. The number of carbonyl (C=O) groups is 1. The summed E-state index contributed by atoms with van der Waals surface area (Å²) in [6, 6.07) is 5.25. The van der Waals surface area contributed by atoms with E-state index in [0.717, 1.165) is 12.8 Å². The topological polar surface area (TPSA) is 35.5 Å². The van der Waals surface area contributed by atoms with Gasteiger partial charge in [-0.15, -0.1) is 0 Å². The second kappa shape index (κ2) is 6.16. The molecule has 0 spiro atoms. The molecule has 1 aromatic rings. The molecule has 0 radical (unpaired) electrons. The molecule has 0 amide bonds. The van der Waals surface area contributed by atoms with Crippen LogP contribution in [0.2, 0.25) is 0 Å². The van der Waals surface area contributed by atoms with Gasteiger partial charge in [0.15, 0.2) is 17.3 Å². The number of hydrogen-bond donors (Lipinski definition) is 0. The second-order valence-electron chi connectivity index (χ2n) is 3.62. The molecule has 0 heterocycles. The van der Waals surface area contributed by atoms with Gasteiger partial charge in [-0.2, -0.15) is 0 Å². The fourth-order valence-electron chi connectivity index (χ4n) is 1.33. The van der Waals surface area contributed by atoms with E-state index in [-0.39, 0.29) is 5.78 Å². The minimum Gasteiger partial charge on any atom is -0.493 e. The minimum absolute atomic E-state index is 0.0263. The molecule has 3 nitrogen and oxygen atoms in total. The maximum atomic E-state index is 11.2. The molecule has 0 fully saturated rings. The van der Waals surface area contributed by atoms with Crippen LogP contribution in [-0.4, -0.2) is 19.5 Å². The molecule has 0 aliphatic heterocycles. The predicted molar refractivity (Wildman–Crippen MR) is 63.4 cm³/mol. The molecule has 0 saturated carbocycles. The van der Waals surface area contributed by atoms with Crippen molar-refractivity contribution in [3.63, 3.8) is 0 Å². The van der Waals surface area contributed by atoms with Crippen LogP contribution in [0.1, 0.15) is 37.0 Å². The first-order valence-electron chi connectivity index (χ1n) is 5.50. The summed E-state index contributed by atoms with van der Waals surface area (Å²) in [6.07, 6.45) is 2.10. The van der Waals surface area contributed by atoms with E-state index in [9.17, 15) is 4.79 Å². The molecule has 0 aliphatic rings. The Morgan fingerprint density at radius 2 is 2.06 bits per heavy atom. The Labute approximate surface area is 96.4 Å². The Hall–Kier alpha value is -1.51. The number of unbranched alkanes of at least 4 members (excludes halogenated alkanes) is 1. The summed E-state index contributed by atoms with van der Waals surface area (Å²) >= 11 is 0. The summed E-state index contributed by atoms with van der Waals surface area (Å²) in [5.41, 5.74) is 0.639. The molecule has 0 bridgehead atoms. The Kier molecular flexibility index (Phi) is 4.83. The van der Waals surface area contributed by atoms with Crippen LogP contribution in [-0.2, 0) is 0 Å². The van der Waals surface area contributed by atoms with Gasteiger partial charge in [-0.1, -0.05) is 13.3 Å². The van der Waals surface area contributed by atoms with Crippen LogP contribution in [0, 0.1) is 0 Å². The fraction of sp³-hybridized carbons (Fsp3) is 0.462. The van der Waals surface area contributed by atoms with E-state index in [1.807, 2.05) is 0 Å². The highest BCUT2D eigenvalue weighted by Gasteiger charge is 2.07. The van der Waals surface area contributed by atoms with E-state index in [1.165, 1.54) is 6.92 Å². The summed E-state index contributed by atoms with van der Waals surface area (Å²) in [6.45, 7) is 4.32. The number of hydrogen-bond acceptors (Lipinski definition) is 3. The molecule has 0 atom stereocenters. The van der Waals surface area contributed by atoms with Crippen LogP contribution < -0.4 is 9.47 Å². The summed E-state index contributed by atoms with van der Waals surface area (Å²) in [5, 5.41) is 0. The molecule has 0 aliphatic carbocycles. The molecule has 0 aromatic heterocycles. The lowest BCUT2D eigenvalue weighted by Gasteiger charge is -2.11. The van der Waals surface area contributed by atoms with Crippen LogP contribution >= 0.6 is 0 Å². The molecule has 1 aromatic carbocycles. The van der Waals surface area contributed by atoms with Crippen molar-refractivity contribution in [2.45, 2.75) is 26.7 Å².